The molecule has 1 amide bonds. The fourth-order valence-electron chi connectivity index (χ4n) is 4.65. The second-order valence-electron chi connectivity index (χ2n) is 9.41. The molecule has 0 bridgehead atoms. The number of fused-ring (bicyclic) bond motifs is 1. The lowest BCUT2D eigenvalue weighted by Crippen LogP contribution is -2.33. The van der Waals surface area contributed by atoms with Crippen LogP contribution in [0.5, 0.6) is 5.75 Å². The van der Waals surface area contributed by atoms with Gasteiger partial charge in [-0.3, -0.25) is 14.9 Å². The lowest BCUT2D eigenvalue weighted by atomic mass is 9.92. The second-order valence-corrected chi connectivity index (χ2v) is 9.41. The minimum absolute atomic E-state index is 0.191. The Bertz CT molecular complexity index is 1180. The molecule has 1 atom stereocenters. The van der Waals surface area contributed by atoms with Crippen molar-refractivity contribution in [3.8, 4) is 5.75 Å². The van der Waals surface area contributed by atoms with Crippen LogP contribution in [0.25, 0.3) is 11.0 Å². The van der Waals surface area contributed by atoms with Crippen LogP contribution in [-0.4, -0.2) is 42.3 Å². The predicted molar refractivity (Wildman–Crippen MR) is 135 cm³/mol. The van der Waals surface area contributed by atoms with Gasteiger partial charge >= 0.3 is 5.63 Å². The van der Waals surface area contributed by atoms with Crippen LogP contribution < -0.4 is 15.8 Å². The van der Waals surface area contributed by atoms with Gasteiger partial charge in [-0.25, -0.2) is 10.3 Å². The van der Waals surface area contributed by atoms with Crippen molar-refractivity contribution < 1.29 is 19.2 Å². The Kier molecular flexibility index (Phi) is 8.55. The minimum Gasteiger partial charge on any atom is -0.492 e. The molecule has 1 aliphatic rings. The number of likely N-dealkylation sites (tertiary alicyclic amines) is 1. The molecule has 1 fully saturated rings. The van der Waals surface area contributed by atoms with Crippen molar-refractivity contribution in [3.05, 3.63) is 75.6 Å². The van der Waals surface area contributed by atoms with Crippen LogP contribution in [0.2, 0.25) is 0 Å². The van der Waals surface area contributed by atoms with Crippen molar-refractivity contribution in [1.29, 1.82) is 0 Å². The van der Waals surface area contributed by atoms with E-state index in [0.717, 1.165) is 41.9 Å². The zero-order valence-corrected chi connectivity index (χ0v) is 20.3. The van der Waals surface area contributed by atoms with Crippen LogP contribution in [0.1, 0.15) is 42.4 Å². The summed E-state index contributed by atoms with van der Waals surface area (Å²) in [5.74, 6) is -0.239. The first-order valence-corrected chi connectivity index (χ1v) is 12.4. The molecule has 35 heavy (non-hydrogen) atoms. The van der Waals surface area contributed by atoms with Crippen molar-refractivity contribution in [2.24, 2.45) is 5.92 Å². The summed E-state index contributed by atoms with van der Waals surface area (Å²) in [6.07, 6.45) is 5.17. The number of nitrogens with one attached hydrogen (secondary N) is 1. The Morgan fingerprint density at radius 3 is 2.63 bits per heavy atom. The van der Waals surface area contributed by atoms with E-state index in [9.17, 15) is 14.8 Å². The SMILES string of the molecule is Cc1ccc2cc(CC(CCc3ccc(OCCN4CCCCC4)cc3)C(=O)NO)c(=O)oc2c1. The van der Waals surface area contributed by atoms with Gasteiger partial charge in [0.15, 0.2) is 0 Å². The molecule has 1 saturated heterocycles. The highest BCUT2D eigenvalue weighted by Gasteiger charge is 2.21. The summed E-state index contributed by atoms with van der Waals surface area (Å²) in [6, 6.07) is 15.3. The van der Waals surface area contributed by atoms with Gasteiger partial charge in [0.1, 0.15) is 17.9 Å². The number of ether oxygens (including phenoxy) is 1. The van der Waals surface area contributed by atoms with Gasteiger partial charge in [-0.05, 0) is 87.5 Å². The molecule has 2 heterocycles. The van der Waals surface area contributed by atoms with E-state index < -0.39 is 17.5 Å². The summed E-state index contributed by atoms with van der Waals surface area (Å²) >= 11 is 0. The topological polar surface area (TPSA) is 92.0 Å². The van der Waals surface area contributed by atoms with E-state index in [-0.39, 0.29) is 6.42 Å². The Hall–Kier alpha value is -3.16. The van der Waals surface area contributed by atoms with E-state index in [0.29, 0.717) is 30.6 Å². The maximum Gasteiger partial charge on any atom is 0.339 e. The maximum atomic E-state index is 12.5. The number of nitrogens with zero attached hydrogens (tertiary/aromatic N) is 1. The predicted octanol–water partition coefficient (Wildman–Crippen LogP) is 4.26. The smallest absolute Gasteiger partial charge is 0.339 e. The molecule has 2 aromatic carbocycles. The number of hydroxylamine groups is 1. The normalized spacial score (nSPS) is 15.1. The van der Waals surface area contributed by atoms with Crippen molar-refractivity contribution in [2.45, 2.75) is 45.4 Å². The lowest BCUT2D eigenvalue weighted by Gasteiger charge is -2.26. The van der Waals surface area contributed by atoms with E-state index in [1.807, 2.05) is 49.4 Å². The highest BCUT2D eigenvalue weighted by atomic mass is 16.5. The summed E-state index contributed by atoms with van der Waals surface area (Å²) in [5.41, 5.74) is 4.31. The molecule has 1 unspecified atom stereocenters. The molecule has 1 aromatic heterocycles. The second kappa shape index (κ2) is 12.0. The molecule has 4 rings (SSSR count). The van der Waals surface area contributed by atoms with Crippen LogP contribution in [0.15, 0.2) is 57.7 Å². The highest BCUT2D eigenvalue weighted by molar-refractivity contribution is 5.79. The third kappa shape index (κ3) is 6.93. The Morgan fingerprint density at radius 2 is 1.89 bits per heavy atom. The van der Waals surface area contributed by atoms with E-state index >= 15 is 0 Å². The molecule has 0 saturated carbocycles. The first-order chi connectivity index (χ1) is 17.0. The maximum absolute atomic E-state index is 12.5. The van der Waals surface area contributed by atoms with Crippen LogP contribution in [0.3, 0.4) is 0 Å². The molecule has 7 heteroatoms. The Morgan fingerprint density at radius 1 is 1.11 bits per heavy atom. The third-order valence-corrected chi connectivity index (χ3v) is 6.74. The molecule has 0 spiro atoms. The first-order valence-electron chi connectivity index (χ1n) is 12.4. The van der Waals surface area contributed by atoms with Crippen molar-refractivity contribution >= 4 is 16.9 Å². The number of carbonyl (C=O) groups is 1. The van der Waals surface area contributed by atoms with Gasteiger partial charge in [0.2, 0.25) is 5.91 Å². The van der Waals surface area contributed by atoms with Gasteiger partial charge in [0.25, 0.3) is 0 Å². The van der Waals surface area contributed by atoms with Gasteiger partial charge in [-0.15, -0.1) is 0 Å². The molecule has 186 valence electrons. The molecule has 3 aromatic rings. The number of carbonyl (C=O) groups excluding carboxylic acids is 1. The van der Waals surface area contributed by atoms with Gasteiger partial charge in [0.05, 0.1) is 0 Å². The van der Waals surface area contributed by atoms with Crippen LogP contribution in [0.4, 0.5) is 0 Å². The standard InChI is InChI=1S/C28H34N2O5/c1-20-5-9-22-18-24(28(32)35-26(22)17-20)19-23(27(31)29-33)10-6-21-7-11-25(12-8-21)34-16-15-30-13-3-2-4-14-30/h5,7-9,11-12,17-18,23,33H,2-4,6,10,13-16,19H2,1H3,(H,29,31). The summed E-state index contributed by atoms with van der Waals surface area (Å²) in [4.78, 5) is 27.3. The average Bonchev–Trinajstić information content (AvgIpc) is 2.88. The van der Waals surface area contributed by atoms with Crippen LogP contribution >= 0.6 is 0 Å². The zero-order valence-electron chi connectivity index (χ0n) is 20.3. The van der Waals surface area contributed by atoms with Crippen molar-refractivity contribution in [2.75, 3.05) is 26.2 Å². The minimum atomic E-state index is -0.564. The molecular formula is C28H34N2O5. The average molecular weight is 479 g/mol. The molecular weight excluding hydrogens is 444 g/mol. The molecule has 0 aliphatic carbocycles. The fraction of sp³-hybridized carbons (Fsp3) is 0.429. The van der Waals surface area contributed by atoms with E-state index in [1.54, 1.807) is 11.5 Å². The van der Waals surface area contributed by atoms with E-state index in [1.165, 1.54) is 19.3 Å². The first kappa shape index (κ1) is 24.9. The molecule has 0 radical (unpaired) electrons. The Balaban J connectivity index is 1.34. The molecule has 2 N–H and O–H groups in total. The summed E-state index contributed by atoms with van der Waals surface area (Å²) in [7, 11) is 0. The summed E-state index contributed by atoms with van der Waals surface area (Å²) in [5, 5.41) is 10.1. The number of hydrogen-bond donors (Lipinski definition) is 2. The summed E-state index contributed by atoms with van der Waals surface area (Å²) < 4.78 is 11.4. The van der Waals surface area contributed by atoms with Gasteiger partial charge < -0.3 is 9.15 Å². The van der Waals surface area contributed by atoms with Crippen molar-refractivity contribution in [3.63, 3.8) is 0 Å². The Labute approximate surface area is 205 Å². The van der Waals surface area contributed by atoms with Crippen LogP contribution in [0, 0.1) is 12.8 Å². The number of benzene rings is 2. The van der Waals surface area contributed by atoms with E-state index in [4.69, 9.17) is 9.15 Å². The van der Waals surface area contributed by atoms with Gasteiger partial charge in [-0.2, -0.15) is 0 Å². The lowest BCUT2D eigenvalue weighted by molar-refractivity contribution is -0.133. The largest absolute Gasteiger partial charge is 0.492 e. The number of rotatable bonds is 10. The number of piperidine rings is 1. The summed E-state index contributed by atoms with van der Waals surface area (Å²) in [6.45, 7) is 5.87. The monoisotopic (exact) mass is 478 g/mol. The number of amides is 1. The number of aryl methyl sites for hydroxylation is 2. The van der Waals surface area contributed by atoms with Gasteiger partial charge in [-0.1, -0.05) is 30.7 Å². The molecule has 1 aliphatic heterocycles. The van der Waals surface area contributed by atoms with Crippen molar-refractivity contribution in [1.82, 2.24) is 10.4 Å². The number of hydrogen-bond acceptors (Lipinski definition) is 6. The van der Waals surface area contributed by atoms with Crippen LogP contribution in [-0.2, 0) is 17.6 Å². The fourth-order valence-corrected chi connectivity index (χ4v) is 4.65. The van der Waals surface area contributed by atoms with E-state index in [2.05, 4.69) is 4.90 Å². The third-order valence-electron chi connectivity index (χ3n) is 6.74. The highest BCUT2D eigenvalue weighted by Crippen LogP contribution is 2.21. The zero-order chi connectivity index (χ0) is 24.6. The van der Waals surface area contributed by atoms with Gasteiger partial charge in [0, 0.05) is 23.4 Å². The quantitative estimate of drug-likeness (QED) is 0.257. The molecule has 7 nitrogen and oxygen atoms in total.